The number of hydrogen-bond donors (Lipinski definition) is 0. The summed E-state index contributed by atoms with van der Waals surface area (Å²) in [7, 11) is 0. The second kappa shape index (κ2) is 8.14. The van der Waals surface area contributed by atoms with Crippen LogP contribution in [-0.2, 0) is 0 Å². The zero-order valence-corrected chi connectivity index (χ0v) is 9.08. The molecule has 11 heavy (non-hydrogen) atoms. The first kappa shape index (κ1) is 11.0. The lowest BCUT2D eigenvalue weighted by Crippen LogP contribution is -1.92. The minimum atomic E-state index is 0.421. The van der Waals surface area contributed by atoms with Crippen LogP contribution in [0.1, 0.15) is 46.0 Å². The summed E-state index contributed by atoms with van der Waals surface area (Å²) in [6, 6.07) is 0. The van der Waals surface area contributed by atoms with Gasteiger partial charge in [0.25, 0.3) is 0 Å². The molecule has 0 saturated carbocycles. The van der Waals surface area contributed by atoms with Crippen molar-refractivity contribution < 1.29 is 0 Å². The Balaban J connectivity index is 3.15. The van der Waals surface area contributed by atoms with Crippen LogP contribution in [-0.4, -0.2) is 4.83 Å². The molecule has 0 spiro atoms. The number of halogens is 1. The normalized spacial score (nSPS) is 11.9. The number of unbranched alkanes of at least 4 members (excludes halogenated alkanes) is 3. The molecule has 0 aliphatic carbocycles. The van der Waals surface area contributed by atoms with Gasteiger partial charge in [-0.25, -0.2) is 0 Å². The lowest BCUT2D eigenvalue weighted by atomic mass is 10.1. The molecule has 0 bridgehead atoms. The summed E-state index contributed by atoms with van der Waals surface area (Å²) in [6.07, 6.45) is 6.52. The van der Waals surface area contributed by atoms with E-state index in [4.69, 9.17) is 0 Å². The van der Waals surface area contributed by atoms with E-state index in [2.05, 4.69) is 34.7 Å². The maximum absolute atomic E-state index is 3.52. The van der Waals surface area contributed by atoms with Crippen molar-refractivity contribution in [3.63, 3.8) is 0 Å². The summed E-state index contributed by atoms with van der Waals surface area (Å²) in [5, 5.41) is 0. The Morgan fingerprint density at radius 2 is 2.00 bits per heavy atom. The molecule has 0 fully saturated rings. The number of rotatable bonds is 5. The summed E-state index contributed by atoms with van der Waals surface area (Å²) in [6.45, 7) is 4.12. The first-order valence-corrected chi connectivity index (χ1v) is 5.29. The Labute approximate surface area is 78.9 Å². The van der Waals surface area contributed by atoms with Crippen LogP contribution < -0.4 is 0 Å². The molecule has 0 rings (SSSR count). The van der Waals surface area contributed by atoms with Gasteiger partial charge < -0.3 is 0 Å². The molecule has 1 atom stereocenters. The number of hydrogen-bond acceptors (Lipinski definition) is 0. The molecular weight excluding hydrogens is 200 g/mol. The van der Waals surface area contributed by atoms with Gasteiger partial charge in [-0.2, -0.15) is 0 Å². The summed E-state index contributed by atoms with van der Waals surface area (Å²) in [4.78, 5) is 0.421. The van der Waals surface area contributed by atoms with Crippen molar-refractivity contribution in [3.05, 3.63) is 0 Å². The van der Waals surface area contributed by atoms with E-state index >= 15 is 0 Å². The predicted molar refractivity (Wildman–Crippen MR) is 54.9 cm³/mol. The van der Waals surface area contributed by atoms with Crippen molar-refractivity contribution in [1.82, 2.24) is 0 Å². The van der Waals surface area contributed by atoms with Crippen molar-refractivity contribution in [2.24, 2.45) is 0 Å². The summed E-state index contributed by atoms with van der Waals surface area (Å²) in [5.41, 5.74) is 0. The average molecular weight is 217 g/mol. The van der Waals surface area contributed by atoms with Gasteiger partial charge in [-0.05, 0) is 13.3 Å². The molecule has 0 saturated heterocycles. The third kappa shape index (κ3) is 7.94. The molecule has 0 N–H and O–H groups in total. The van der Waals surface area contributed by atoms with Crippen LogP contribution in [0.5, 0.6) is 0 Å². The molecule has 0 aromatic rings. The van der Waals surface area contributed by atoms with Crippen molar-refractivity contribution in [1.29, 1.82) is 0 Å². The topological polar surface area (TPSA) is 0 Å². The maximum atomic E-state index is 3.52. The van der Waals surface area contributed by atoms with Gasteiger partial charge in [-0.15, -0.1) is 5.92 Å². The van der Waals surface area contributed by atoms with Gasteiger partial charge in [0.05, 0.1) is 4.83 Å². The fourth-order valence-electron chi connectivity index (χ4n) is 0.979. The molecule has 0 aliphatic heterocycles. The fourth-order valence-corrected chi connectivity index (χ4v) is 1.53. The highest BCUT2D eigenvalue weighted by Gasteiger charge is 1.97. The molecule has 0 aliphatic rings. The molecule has 0 heterocycles. The Kier molecular flexibility index (Phi) is 8.17. The van der Waals surface area contributed by atoms with E-state index in [-0.39, 0.29) is 0 Å². The molecule has 64 valence electrons. The van der Waals surface area contributed by atoms with Gasteiger partial charge in [0, 0.05) is 0 Å². The third-order valence-corrected chi connectivity index (χ3v) is 2.30. The molecule has 0 radical (unpaired) electrons. The van der Waals surface area contributed by atoms with E-state index in [1.165, 1.54) is 32.1 Å². The Hall–Kier alpha value is 0.0400. The van der Waals surface area contributed by atoms with Crippen LogP contribution >= 0.6 is 15.9 Å². The SMILES string of the molecule is CC#CC(Br)CCCCCC. The fraction of sp³-hybridized carbons (Fsp3) is 0.800. The molecule has 0 nitrogen and oxygen atoms in total. The third-order valence-electron chi connectivity index (χ3n) is 1.61. The van der Waals surface area contributed by atoms with Crippen LogP contribution in [0.4, 0.5) is 0 Å². The minimum absolute atomic E-state index is 0.421. The molecule has 1 unspecified atom stereocenters. The zero-order chi connectivity index (χ0) is 8.53. The Morgan fingerprint density at radius 3 is 2.55 bits per heavy atom. The first-order valence-electron chi connectivity index (χ1n) is 4.37. The smallest absolute Gasteiger partial charge is 0.0754 e. The highest BCUT2D eigenvalue weighted by atomic mass is 79.9. The highest BCUT2D eigenvalue weighted by Crippen LogP contribution is 2.10. The molecule has 0 amide bonds. The van der Waals surface area contributed by atoms with Gasteiger partial charge in [0.2, 0.25) is 0 Å². The van der Waals surface area contributed by atoms with E-state index in [0.717, 1.165) is 0 Å². The van der Waals surface area contributed by atoms with Crippen LogP contribution in [0.25, 0.3) is 0 Å². The second-order valence-electron chi connectivity index (χ2n) is 2.71. The van der Waals surface area contributed by atoms with Crippen LogP contribution in [0, 0.1) is 11.8 Å². The van der Waals surface area contributed by atoms with Crippen molar-refractivity contribution in [3.8, 4) is 11.8 Å². The Morgan fingerprint density at radius 1 is 1.27 bits per heavy atom. The molecule has 1 heteroatoms. The highest BCUT2D eigenvalue weighted by molar-refractivity contribution is 9.09. The average Bonchev–Trinajstić information content (AvgIpc) is 1.99. The van der Waals surface area contributed by atoms with Gasteiger partial charge in [-0.1, -0.05) is 54.5 Å². The zero-order valence-electron chi connectivity index (χ0n) is 7.49. The van der Waals surface area contributed by atoms with Gasteiger partial charge >= 0.3 is 0 Å². The van der Waals surface area contributed by atoms with E-state index in [0.29, 0.717) is 4.83 Å². The molecular formula is C10H17Br. The lowest BCUT2D eigenvalue weighted by Gasteiger charge is -2.00. The minimum Gasteiger partial charge on any atom is -0.106 e. The first-order chi connectivity index (χ1) is 5.31. The van der Waals surface area contributed by atoms with E-state index < -0.39 is 0 Å². The Bertz CT molecular complexity index is 130. The monoisotopic (exact) mass is 216 g/mol. The molecule has 0 aromatic carbocycles. The lowest BCUT2D eigenvalue weighted by molar-refractivity contribution is 0.647. The molecule has 0 aromatic heterocycles. The van der Waals surface area contributed by atoms with Crippen molar-refractivity contribution in [2.45, 2.75) is 50.8 Å². The summed E-state index contributed by atoms with van der Waals surface area (Å²) in [5.74, 6) is 6.00. The maximum Gasteiger partial charge on any atom is 0.0754 e. The van der Waals surface area contributed by atoms with Crippen LogP contribution in [0.2, 0.25) is 0 Å². The quantitative estimate of drug-likeness (QED) is 0.374. The van der Waals surface area contributed by atoms with Gasteiger partial charge in [-0.3, -0.25) is 0 Å². The summed E-state index contributed by atoms with van der Waals surface area (Å²) >= 11 is 3.52. The van der Waals surface area contributed by atoms with Gasteiger partial charge in [0.15, 0.2) is 0 Å². The largest absolute Gasteiger partial charge is 0.106 e. The number of alkyl halides is 1. The van der Waals surface area contributed by atoms with Crippen molar-refractivity contribution in [2.75, 3.05) is 0 Å². The van der Waals surface area contributed by atoms with Crippen molar-refractivity contribution >= 4 is 15.9 Å². The second-order valence-corrected chi connectivity index (χ2v) is 3.82. The van der Waals surface area contributed by atoms with E-state index in [1.807, 2.05) is 6.92 Å². The standard InChI is InChI=1S/C10H17Br/c1-3-5-6-7-9-10(11)8-4-2/h10H,3,5-7,9H2,1-2H3. The predicted octanol–water partition coefficient (Wildman–Crippen LogP) is 3.74. The van der Waals surface area contributed by atoms with Gasteiger partial charge in [0.1, 0.15) is 0 Å². The van der Waals surface area contributed by atoms with E-state index in [9.17, 15) is 0 Å². The summed E-state index contributed by atoms with van der Waals surface area (Å²) < 4.78 is 0. The van der Waals surface area contributed by atoms with Crippen LogP contribution in [0.3, 0.4) is 0 Å². The van der Waals surface area contributed by atoms with Crippen LogP contribution in [0.15, 0.2) is 0 Å². The van der Waals surface area contributed by atoms with E-state index in [1.54, 1.807) is 0 Å².